The van der Waals surface area contributed by atoms with E-state index < -0.39 is 5.97 Å². The summed E-state index contributed by atoms with van der Waals surface area (Å²) in [7, 11) is 0. The molecule has 1 rings (SSSR count). The lowest BCUT2D eigenvalue weighted by Gasteiger charge is -2.05. The fraction of sp³-hybridized carbons (Fsp3) is 0.333. The minimum Gasteiger partial charge on any atom is -0.478 e. The Labute approximate surface area is 107 Å². The molecule has 0 heterocycles. The maximum atomic E-state index is 10.8. The molecule has 0 aliphatic carbocycles. The third-order valence-electron chi connectivity index (χ3n) is 2.69. The van der Waals surface area contributed by atoms with Crippen LogP contribution in [-0.2, 0) is 16.0 Å². The van der Waals surface area contributed by atoms with Crippen molar-refractivity contribution in [2.75, 3.05) is 0 Å². The Morgan fingerprint density at radius 1 is 1.22 bits per heavy atom. The van der Waals surface area contributed by atoms with Crippen molar-refractivity contribution in [3.8, 4) is 0 Å². The van der Waals surface area contributed by atoms with E-state index in [2.05, 4.69) is 0 Å². The van der Waals surface area contributed by atoms with Crippen LogP contribution in [0.3, 0.4) is 0 Å². The topological polar surface area (TPSA) is 54.4 Å². The van der Waals surface area contributed by atoms with Crippen LogP contribution in [0.4, 0.5) is 0 Å². The van der Waals surface area contributed by atoms with E-state index in [1.807, 2.05) is 24.3 Å². The molecular formula is C15H18O3. The minimum atomic E-state index is -0.943. The van der Waals surface area contributed by atoms with Crippen LogP contribution in [0, 0.1) is 0 Å². The quantitative estimate of drug-likeness (QED) is 0.594. The second kappa shape index (κ2) is 7.43. The zero-order valence-electron chi connectivity index (χ0n) is 10.6. The molecule has 0 spiro atoms. The summed E-state index contributed by atoms with van der Waals surface area (Å²) < 4.78 is 0. The van der Waals surface area contributed by atoms with Crippen molar-refractivity contribution in [3.63, 3.8) is 0 Å². The molecule has 3 nitrogen and oxygen atoms in total. The lowest BCUT2D eigenvalue weighted by atomic mass is 10.0. The van der Waals surface area contributed by atoms with E-state index >= 15 is 0 Å². The number of carboxylic acid groups (broad SMARTS) is 1. The van der Waals surface area contributed by atoms with Crippen LogP contribution in [0.1, 0.15) is 37.3 Å². The van der Waals surface area contributed by atoms with Gasteiger partial charge in [0, 0.05) is 12.5 Å². The molecule has 0 atom stereocenters. The summed E-state index contributed by atoms with van der Waals surface area (Å²) >= 11 is 0. The number of unbranched alkanes of at least 4 members (excludes halogenated alkanes) is 1. The summed E-state index contributed by atoms with van der Waals surface area (Å²) in [5.74, 6) is -0.726. The van der Waals surface area contributed by atoms with Gasteiger partial charge in [-0.1, -0.05) is 24.3 Å². The molecule has 0 radical (unpaired) electrons. The van der Waals surface area contributed by atoms with Gasteiger partial charge < -0.3 is 9.90 Å². The molecule has 0 bridgehead atoms. The molecule has 0 aliphatic rings. The van der Waals surface area contributed by atoms with E-state index in [1.165, 1.54) is 0 Å². The number of Topliss-reactive ketones (excluding diaryl/α,β-unsaturated/α-hetero) is 1. The van der Waals surface area contributed by atoms with Crippen LogP contribution in [0.2, 0.25) is 0 Å². The van der Waals surface area contributed by atoms with Crippen LogP contribution in [0.5, 0.6) is 0 Å². The Morgan fingerprint density at radius 3 is 2.61 bits per heavy atom. The number of hydrogen-bond acceptors (Lipinski definition) is 2. The zero-order valence-corrected chi connectivity index (χ0v) is 10.6. The lowest BCUT2D eigenvalue weighted by molar-refractivity contribution is -0.131. The average molecular weight is 246 g/mol. The monoisotopic (exact) mass is 246 g/mol. The number of benzene rings is 1. The highest BCUT2D eigenvalue weighted by molar-refractivity contribution is 5.85. The zero-order chi connectivity index (χ0) is 13.4. The third kappa shape index (κ3) is 5.43. The molecular weight excluding hydrogens is 228 g/mol. The van der Waals surface area contributed by atoms with Crippen molar-refractivity contribution in [2.45, 2.75) is 32.6 Å². The first-order chi connectivity index (χ1) is 8.59. The van der Waals surface area contributed by atoms with Crippen LogP contribution in [-0.4, -0.2) is 16.9 Å². The smallest absolute Gasteiger partial charge is 0.328 e. The molecule has 0 aliphatic heterocycles. The summed E-state index contributed by atoms with van der Waals surface area (Å²) in [6, 6.07) is 7.73. The normalized spacial score (nSPS) is 10.7. The van der Waals surface area contributed by atoms with E-state index in [0.29, 0.717) is 6.42 Å². The Morgan fingerprint density at radius 2 is 1.94 bits per heavy atom. The molecule has 1 aromatic rings. The van der Waals surface area contributed by atoms with E-state index in [1.54, 1.807) is 13.0 Å². The molecule has 0 fully saturated rings. The number of ketones is 1. The predicted molar refractivity (Wildman–Crippen MR) is 71.3 cm³/mol. The highest BCUT2D eigenvalue weighted by Gasteiger charge is 2.00. The standard InChI is InChI=1S/C15H18O3/c1-12(16)6-2-3-7-13-8-4-5-9-14(13)10-11-15(17)18/h4-5,8-11H,2-3,6-7H2,1H3,(H,17,18)/b11-10+. The highest BCUT2D eigenvalue weighted by atomic mass is 16.4. The van der Waals surface area contributed by atoms with Gasteiger partial charge in [-0.3, -0.25) is 0 Å². The number of carbonyl (C=O) groups excluding carboxylic acids is 1. The molecule has 0 saturated carbocycles. The number of rotatable bonds is 7. The molecule has 0 unspecified atom stereocenters. The molecule has 0 saturated heterocycles. The third-order valence-corrected chi connectivity index (χ3v) is 2.69. The lowest BCUT2D eigenvalue weighted by Crippen LogP contribution is -1.94. The molecule has 1 aromatic carbocycles. The van der Waals surface area contributed by atoms with Gasteiger partial charge >= 0.3 is 5.97 Å². The molecule has 3 heteroatoms. The van der Waals surface area contributed by atoms with E-state index in [9.17, 15) is 9.59 Å². The van der Waals surface area contributed by atoms with Crippen LogP contribution in [0.25, 0.3) is 6.08 Å². The second-order valence-corrected chi connectivity index (χ2v) is 4.28. The van der Waals surface area contributed by atoms with Gasteiger partial charge in [-0.15, -0.1) is 0 Å². The van der Waals surface area contributed by atoms with Crippen molar-refractivity contribution in [1.82, 2.24) is 0 Å². The predicted octanol–water partition coefficient (Wildman–Crippen LogP) is 3.09. The van der Waals surface area contributed by atoms with Gasteiger partial charge in [-0.25, -0.2) is 4.79 Å². The number of carbonyl (C=O) groups is 2. The SMILES string of the molecule is CC(=O)CCCCc1ccccc1/C=C/C(=O)O. The Bertz CT molecular complexity index is 447. The summed E-state index contributed by atoms with van der Waals surface area (Å²) in [6.45, 7) is 1.60. The Kier molecular flexibility index (Phi) is 5.85. The Balaban J connectivity index is 2.59. The van der Waals surface area contributed by atoms with Gasteiger partial charge in [0.25, 0.3) is 0 Å². The second-order valence-electron chi connectivity index (χ2n) is 4.28. The number of aliphatic carboxylic acids is 1. The summed E-state index contributed by atoms with van der Waals surface area (Å²) in [5.41, 5.74) is 2.06. The van der Waals surface area contributed by atoms with Gasteiger partial charge in [0.15, 0.2) is 0 Å². The largest absolute Gasteiger partial charge is 0.478 e. The van der Waals surface area contributed by atoms with Crippen molar-refractivity contribution < 1.29 is 14.7 Å². The first kappa shape index (κ1) is 14.2. The number of hydrogen-bond donors (Lipinski definition) is 1. The maximum Gasteiger partial charge on any atom is 0.328 e. The molecule has 18 heavy (non-hydrogen) atoms. The van der Waals surface area contributed by atoms with Gasteiger partial charge in [-0.2, -0.15) is 0 Å². The van der Waals surface area contributed by atoms with Crippen LogP contribution < -0.4 is 0 Å². The number of aryl methyl sites for hydroxylation is 1. The fourth-order valence-corrected chi connectivity index (χ4v) is 1.77. The van der Waals surface area contributed by atoms with Crippen molar-refractivity contribution in [2.24, 2.45) is 0 Å². The Hall–Kier alpha value is -1.90. The first-order valence-corrected chi connectivity index (χ1v) is 6.08. The number of carboxylic acids is 1. The van der Waals surface area contributed by atoms with E-state index in [4.69, 9.17) is 5.11 Å². The fourth-order valence-electron chi connectivity index (χ4n) is 1.77. The molecule has 96 valence electrons. The molecule has 1 N–H and O–H groups in total. The van der Waals surface area contributed by atoms with E-state index in [0.717, 1.165) is 36.5 Å². The summed E-state index contributed by atoms with van der Waals surface area (Å²) in [4.78, 5) is 21.3. The van der Waals surface area contributed by atoms with Gasteiger partial charge in [-0.05, 0) is 43.4 Å². The van der Waals surface area contributed by atoms with Crippen LogP contribution >= 0.6 is 0 Å². The maximum absolute atomic E-state index is 10.8. The van der Waals surface area contributed by atoms with E-state index in [-0.39, 0.29) is 5.78 Å². The molecule has 0 amide bonds. The van der Waals surface area contributed by atoms with Crippen LogP contribution in [0.15, 0.2) is 30.3 Å². The van der Waals surface area contributed by atoms with Gasteiger partial charge in [0.1, 0.15) is 5.78 Å². The average Bonchev–Trinajstić information content (AvgIpc) is 2.33. The first-order valence-electron chi connectivity index (χ1n) is 6.08. The molecule has 0 aromatic heterocycles. The summed E-state index contributed by atoms with van der Waals surface area (Å²) in [6.07, 6.45) is 6.07. The van der Waals surface area contributed by atoms with Crippen molar-refractivity contribution >= 4 is 17.8 Å². The van der Waals surface area contributed by atoms with Crippen molar-refractivity contribution in [1.29, 1.82) is 0 Å². The van der Waals surface area contributed by atoms with Gasteiger partial charge in [0.05, 0.1) is 0 Å². The van der Waals surface area contributed by atoms with Crippen molar-refractivity contribution in [3.05, 3.63) is 41.5 Å². The summed E-state index contributed by atoms with van der Waals surface area (Å²) in [5, 5.41) is 8.62. The van der Waals surface area contributed by atoms with Gasteiger partial charge in [0.2, 0.25) is 0 Å². The highest BCUT2D eigenvalue weighted by Crippen LogP contribution is 2.14. The minimum absolute atomic E-state index is 0.217.